The van der Waals surface area contributed by atoms with Gasteiger partial charge in [0.05, 0.1) is 24.9 Å². The van der Waals surface area contributed by atoms with Crippen LogP contribution in [0.15, 0.2) is 24.3 Å². The van der Waals surface area contributed by atoms with Crippen molar-refractivity contribution < 1.29 is 14.6 Å². The summed E-state index contributed by atoms with van der Waals surface area (Å²) in [5, 5.41) is 10.5. The molecule has 1 fully saturated rings. The Morgan fingerprint density at radius 1 is 1.18 bits per heavy atom. The molecule has 0 amide bonds. The largest absolute Gasteiger partial charge is 0.494 e. The van der Waals surface area contributed by atoms with Crippen LogP contribution in [0.2, 0.25) is 0 Å². The molecule has 0 aromatic heterocycles. The maximum absolute atomic E-state index is 9.86. The van der Waals surface area contributed by atoms with Crippen LogP contribution in [0, 0.1) is 0 Å². The van der Waals surface area contributed by atoms with E-state index in [1.807, 2.05) is 12.1 Å². The van der Waals surface area contributed by atoms with E-state index in [4.69, 9.17) is 9.47 Å². The first-order valence-corrected chi connectivity index (χ1v) is 9.49. The van der Waals surface area contributed by atoms with Crippen molar-refractivity contribution in [2.75, 3.05) is 11.9 Å². The number of benzene rings is 1. The van der Waals surface area contributed by atoms with Gasteiger partial charge < -0.3 is 14.6 Å². The van der Waals surface area contributed by atoms with Crippen LogP contribution in [-0.2, 0) is 4.74 Å². The molecule has 2 rings (SSSR count). The van der Waals surface area contributed by atoms with Crippen LogP contribution in [0.3, 0.4) is 0 Å². The van der Waals surface area contributed by atoms with Gasteiger partial charge in [0.1, 0.15) is 5.75 Å². The number of hydrogen-bond acceptors (Lipinski definition) is 3. The number of rotatable bonds is 8. The molecule has 0 aliphatic carbocycles. The third-order valence-electron chi connectivity index (χ3n) is 4.16. The van der Waals surface area contributed by atoms with Crippen molar-refractivity contribution >= 4 is 15.9 Å². The van der Waals surface area contributed by atoms with Crippen LogP contribution in [0.4, 0.5) is 0 Å². The van der Waals surface area contributed by atoms with Gasteiger partial charge in [0.15, 0.2) is 0 Å². The maximum Gasteiger partial charge on any atom is 0.119 e. The smallest absolute Gasteiger partial charge is 0.119 e. The Morgan fingerprint density at radius 3 is 2.64 bits per heavy atom. The Hall–Kier alpha value is -0.580. The quantitative estimate of drug-likeness (QED) is 0.535. The van der Waals surface area contributed by atoms with E-state index in [0.717, 1.165) is 37.2 Å². The fourth-order valence-electron chi connectivity index (χ4n) is 2.76. The van der Waals surface area contributed by atoms with E-state index < -0.39 is 0 Å². The van der Waals surface area contributed by atoms with Gasteiger partial charge in [-0.05, 0) is 37.0 Å². The van der Waals surface area contributed by atoms with Crippen LogP contribution >= 0.6 is 15.9 Å². The van der Waals surface area contributed by atoms with Gasteiger partial charge in [-0.25, -0.2) is 0 Å². The Bertz CT molecular complexity index is 421. The number of aliphatic hydroxyl groups excluding tert-OH is 1. The highest BCUT2D eigenvalue weighted by atomic mass is 79.9. The van der Waals surface area contributed by atoms with Crippen molar-refractivity contribution in [1.82, 2.24) is 0 Å². The number of alkyl halides is 1. The van der Waals surface area contributed by atoms with Crippen LogP contribution in [0.1, 0.15) is 57.1 Å². The monoisotopic (exact) mass is 370 g/mol. The molecule has 0 radical (unpaired) electrons. The molecule has 4 heteroatoms. The van der Waals surface area contributed by atoms with Crippen LogP contribution < -0.4 is 4.74 Å². The lowest BCUT2D eigenvalue weighted by Gasteiger charge is -2.33. The van der Waals surface area contributed by atoms with E-state index in [0.29, 0.717) is 5.33 Å². The lowest BCUT2D eigenvalue weighted by Crippen LogP contribution is -2.36. The molecule has 1 aliphatic heterocycles. The predicted molar refractivity (Wildman–Crippen MR) is 92.7 cm³/mol. The number of halogens is 1. The SMILES string of the molecule is CCCCCCOc1ccc([C@@H]2CC[C@H](O)[C@@H](CBr)O2)cc1. The predicted octanol–water partition coefficient (Wildman–Crippen LogP) is 4.62. The van der Waals surface area contributed by atoms with Crippen molar-refractivity contribution in [2.45, 2.75) is 63.8 Å². The second-order valence-corrected chi connectivity index (χ2v) is 6.59. The minimum atomic E-state index is -0.360. The van der Waals surface area contributed by atoms with E-state index >= 15 is 0 Å². The first kappa shape index (κ1) is 17.8. The number of aliphatic hydroxyl groups is 1. The summed E-state index contributed by atoms with van der Waals surface area (Å²) in [6, 6.07) is 8.20. The van der Waals surface area contributed by atoms with Gasteiger partial charge in [0, 0.05) is 5.33 Å². The third-order valence-corrected chi connectivity index (χ3v) is 4.80. The van der Waals surface area contributed by atoms with Crippen molar-refractivity contribution in [1.29, 1.82) is 0 Å². The van der Waals surface area contributed by atoms with Gasteiger partial charge in [-0.2, -0.15) is 0 Å². The van der Waals surface area contributed by atoms with Crippen molar-refractivity contribution in [3.8, 4) is 5.75 Å². The van der Waals surface area contributed by atoms with Gasteiger partial charge in [0.25, 0.3) is 0 Å². The normalized spacial score (nSPS) is 25.1. The Balaban J connectivity index is 1.81. The maximum atomic E-state index is 9.86. The molecule has 1 saturated heterocycles. The van der Waals surface area contributed by atoms with E-state index in [1.54, 1.807) is 0 Å². The van der Waals surface area contributed by atoms with Crippen LogP contribution in [0.25, 0.3) is 0 Å². The summed E-state index contributed by atoms with van der Waals surface area (Å²) < 4.78 is 11.7. The molecule has 0 spiro atoms. The Labute approximate surface area is 142 Å². The molecule has 0 bridgehead atoms. The van der Waals surface area contributed by atoms with Crippen LogP contribution in [-0.4, -0.2) is 29.3 Å². The second kappa shape index (κ2) is 9.53. The third kappa shape index (κ3) is 5.25. The highest BCUT2D eigenvalue weighted by Gasteiger charge is 2.29. The minimum absolute atomic E-state index is 0.0737. The molecule has 3 nitrogen and oxygen atoms in total. The molecule has 1 N–H and O–H groups in total. The molecule has 1 aromatic rings. The molecular formula is C18H27BrO3. The van der Waals surface area contributed by atoms with Gasteiger partial charge >= 0.3 is 0 Å². The Morgan fingerprint density at radius 2 is 1.95 bits per heavy atom. The minimum Gasteiger partial charge on any atom is -0.494 e. The number of hydrogen-bond donors (Lipinski definition) is 1. The zero-order valence-corrected chi connectivity index (χ0v) is 14.9. The van der Waals surface area contributed by atoms with E-state index in [2.05, 4.69) is 35.0 Å². The van der Waals surface area contributed by atoms with Crippen molar-refractivity contribution in [3.05, 3.63) is 29.8 Å². The number of unbranched alkanes of at least 4 members (excludes halogenated alkanes) is 3. The lowest BCUT2D eigenvalue weighted by molar-refractivity contribution is -0.107. The molecule has 1 aromatic carbocycles. The molecule has 124 valence electrons. The van der Waals surface area contributed by atoms with Gasteiger partial charge in [-0.3, -0.25) is 0 Å². The van der Waals surface area contributed by atoms with Crippen LogP contribution in [0.5, 0.6) is 5.75 Å². The summed E-state index contributed by atoms with van der Waals surface area (Å²) >= 11 is 3.40. The second-order valence-electron chi connectivity index (χ2n) is 5.94. The van der Waals surface area contributed by atoms with Crippen molar-refractivity contribution in [2.24, 2.45) is 0 Å². The van der Waals surface area contributed by atoms with E-state index in [-0.39, 0.29) is 18.3 Å². The topological polar surface area (TPSA) is 38.7 Å². The summed E-state index contributed by atoms with van der Waals surface area (Å²) in [6.45, 7) is 3.00. The van der Waals surface area contributed by atoms with Gasteiger partial charge in [-0.15, -0.1) is 0 Å². The highest BCUT2D eigenvalue weighted by Crippen LogP contribution is 2.32. The summed E-state index contributed by atoms with van der Waals surface area (Å²) in [4.78, 5) is 0. The summed E-state index contributed by atoms with van der Waals surface area (Å²) in [6.07, 6.45) is 6.13. The highest BCUT2D eigenvalue weighted by molar-refractivity contribution is 9.09. The van der Waals surface area contributed by atoms with E-state index in [1.165, 1.54) is 19.3 Å². The summed E-state index contributed by atoms with van der Waals surface area (Å²) in [5.41, 5.74) is 1.16. The summed E-state index contributed by atoms with van der Waals surface area (Å²) in [5.74, 6) is 0.924. The zero-order chi connectivity index (χ0) is 15.8. The zero-order valence-electron chi connectivity index (χ0n) is 13.3. The average molecular weight is 371 g/mol. The molecule has 1 aliphatic rings. The first-order valence-electron chi connectivity index (χ1n) is 8.36. The lowest BCUT2D eigenvalue weighted by atomic mass is 9.97. The molecule has 1 heterocycles. The van der Waals surface area contributed by atoms with Crippen molar-refractivity contribution in [3.63, 3.8) is 0 Å². The van der Waals surface area contributed by atoms with E-state index in [9.17, 15) is 5.11 Å². The molecule has 0 unspecified atom stereocenters. The van der Waals surface area contributed by atoms with Gasteiger partial charge in [-0.1, -0.05) is 54.2 Å². The Kier molecular flexibility index (Phi) is 7.70. The molecule has 22 heavy (non-hydrogen) atoms. The molecular weight excluding hydrogens is 344 g/mol. The molecule has 3 atom stereocenters. The molecule has 0 saturated carbocycles. The standard InChI is InChI=1S/C18H27BrO3/c1-2-3-4-5-12-21-15-8-6-14(7-9-15)17-11-10-16(20)18(13-19)22-17/h6-9,16-18,20H,2-5,10-13H2,1H3/t16-,17-,18+/m0/s1. The van der Waals surface area contributed by atoms with Gasteiger partial charge in [0.2, 0.25) is 0 Å². The first-order chi connectivity index (χ1) is 10.7. The fraction of sp³-hybridized carbons (Fsp3) is 0.667. The number of ether oxygens (including phenoxy) is 2. The average Bonchev–Trinajstić information content (AvgIpc) is 2.56. The summed E-state index contributed by atoms with van der Waals surface area (Å²) in [7, 11) is 0. The fourth-order valence-corrected chi connectivity index (χ4v) is 3.34.